The third-order valence-electron chi connectivity index (χ3n) is 4.01. The highest BCUT2D eigenvalue weighted by molar-refractivity contribution is 7.92. The summed E-state index contributed by atoms with van der Waals surface area (Å²) in [5, 5.41) is -0.0631. The van der Waals surface area contributed by atoms with Crippen LogP contribution in [-0.4, -0.2) is 37.6 Å². The van der Waals surface area contributed by atoms with Gasteiger partial charge in [0.25, 0.3) is 5.91 Å². The zero-order valence-corrected chi connectivity index (χ0v) is 14.1. The van der Waals surface area contributed by atoms with Crippen LogP contribution in [0.3, 0.4) is 0 Å². The Balaban J connectivity index is 1.69. The van der Waals surface area contributed by atoms with Crippen LogP contribution in [0.4, 0.5) is 0 Å². The second-order valence-corrected chi connectivity index (χ2v) is 8.36. The molecule has 3 rings (SSSR count). The lowest BCUT2D eigenvalue weighted by Gasteiger charge is -2.38. The van der Waals surface area contributed by atoms with Crippen LogP contribution in [0.2, 0.25) is 5.02 Å². The van der Waals surface area contributed by atoms with E-state index in [2.05, 4.69) is 0 Å². The van der Waals surface area contributed by atoms with Crippen LogP contribution in [-0.2, 0) is 9.84 Å². The minimum absolute atomic E-state index is 0.132. The van der Waals surface area contributed by atoms with Gasteiger partial charge in [-0.1, -0.05) is 29.3 Å². The van der Waals surface area contributed by atoms with Gasteiger partial charge in [-0.15, -0.1) is 0 Å². The van der Waals surface area contributed by atoms with Gasteiger partial charge < -0.3 is 4.90 Å². The van der Waals surface area contributed by atoms with Gasteiger partial charge in [-0.05, 0) is 43.3 Å². The zero-order valence-electron chi connectivity index (χ0n) is 12.6. The second kappa shape index (κ2) is 5.98. The molecule has 1 fully saturated rings. The van der Waals surface area contributed by atoms with Crippen molar-refractivity contribution < 1.29 is 13.2 Å². The van der Waals surface area contributed by atoms with Crippen molar-refractivity contribution in [1.29, 1.82) is 0 Å². The smallest absolute Gasteiger partial charge is 0.253 e. The Morgan fingerprint density at radius 1 is 1.04 bits per heavy atom. The van der Waals surface area contributed by atoms with Crippen molar-refractivity contribution in [3.05, 3.63) is 64.7 Å². The van der Waals surface area contributed by atoms with Crippen LogP contribution in [0.5, 0.6) is 0 Å². The summed E-state index contributed by atoms with van der Waals surface area (Å²) in [4.78, 5) is 14.1. The molecule has 6 heteroatoms. The Hall–Kier alpha value is -1.85. The zero-order chi connectivity index (χ0) is 16.6. The maximum Gasteiger partial charge on any atom is 0.253 e. The first-order valence-corrected chi connectivity index (χ1v) is 9.16. The van der Waals surface area contributed by atoms with Gasteiger partial charge in [-0.3, -0.25) is 4.79 Å². The Morgan fingerprint density at radius 2 is 1.61 bits per heavy atom. The van der Waals surface area contributed by atoms with E-state index in [1.165, 1.54) is 12.1 Å². The number of halogens is 1. The molecule has 23 heavy (non-hydrogen) atoms. The Labute approximate surface area is 140 Å². The summed E-state index contributed by atoms with van der Waals surface area (Å²) in [6.45, 7) is 2.39. The lowest BCUT2D eigenvalue weighted by molar-refractivity contribution is 0.0659. The first-order chi connectivity index (χ1) is 10.9. The van der Waals surface area contributed by atoms with E-state index in [1.54, 1.807) is 29.2 Å². The summed E-state index contributed by atoms with van der Waals surface area (Å²) in [6.07, 6.45) is 0. The van der Waals surface area contributed by atoms with E-state index in [9.17, 15) is 13.2 Å². The molecular formula is C17H16ClNO3S. The molecule has 1 amide bonds. The Bertz CT molecular complexity index is 823. The number of nitrogens with zero attached hydrogens (tertiary/aromatic N) is 1. The van der Waals surface area contributed by atoms with E-state index < -0.39 is 15.1 Å². The van der Waals surface area contributed by atoms with Gasteiger partial charge in [0.2, 0.25) is 0 Å². The number of carbonyl (C=O) groups excluding carboxylic acids is 1. The molecule has 0 aromatic heterocycles. The van der Waals surface area contributed by atoms with E-state index in [0.717, 1.165) is 5.56 Å². The molecular weight excluding hydrogens is 334 g/mol. The average molecular weight is 350 g/mol. The average Bonchev–Trinajstić information content (AvgIpc) is 2.46. The topological polar surface area (TPSA) is 54.5 Å². The van der Waals surface area contributed by atoms with Crippen molar-refractivity contribution in [2.45, 2.75) is 17.1 Å². The molecule has 0 N–H and O–H groups in total. The van der Waals surface area contributed by atoms with Gasteiger partial charge in [0.15, 0.2) is 9.84 Å². The van der Waals surface area contributed by atoms with Gasteiger partial charge in [0.05, 0.1) is 4.90 Å². The van der Waals surface area contributed by atoms with E-state index in [1.807, 2.05) is 19.1 Å². The summed E-state index contributed by atoms with van der Waals surface area (Å²) in [5.74, 6) is -0.132. The van der Waals surface area contributed by atoms with Gasteiger partial charge in [-0.2, -0.15) is 0 Å². The normalized spacial score (nSPS) is 15.3. The largest absolute Gasteiger partial charge is 0.336 e. The third kappa shape index (κ3) is 3.12. The molecule has 4 nitrogen and oxygen atoms in total. The molecule has 0 unspecified atom stereocenters. The van der Waals surface area contributed by atoms with Gasteiger partial charge in [-0.25, -0.2) is 8.42 Å². The van der Waals surface area contributed by atoms with Crippen LogP contribution < -0.4 is 0 Å². The maximum absolute atomic E-state index is 12.5. The molecule has 1 aliphatic heterocycles. The number of benzene rings is 2. The number of amides is 1. The molecule has 0 bridgehead atoms. The molecule has 0 atom stereocenters. The van der Waals surface area contributed by atoms with Crippen molar-refractivity contribution in [3.63, 3.8) is 0 Å². The molecule has 1 aliphatic rings. The van der Waals surface area contributed by atoms with Crippen molar-refractivity contribution in [2.24, 2.45) is 0 Å². The lowest BCUT2D eigenvalue weighted by atomic mass is 10.1. The molecule has 0 spiro atoms. The van der Waals surface area contributed by atoms with E-state index in [0.29, 0.717) is 10.6 Å². The number of rotatable bonds is 3. The highest BCUT2D eigenvalue weighted by Gasteiger charge is 2.40. The van der Waals surface area contributed by atoms with E-state index in [-0.39, 0.29) is 23.9 Å². The second-order valence-electron chi connectivity index (χ2n) is 5.70. The van der Waals surface area contributed by atoms with Crippen molar-refractivity contribution >= 4 is 27.3 Å². The fourth-order valence-corrected chi connectivity index (χ4v) is 4.27. The number of hydrogen-bond acceptors (Lipinski definition) is 3. The summed E-state index contributed by atoms with van der Waals surface area (Å²) >= 11 is 5.79. The van der Waals surface area contributed by atoms with Gasteiger partial charge in [0.1, 0.15) is 5.25 Å². The fourth-order valence-electron chi connectivity index (χ4n) is 2.50. The molecule has 2 aromatic rings. The van der Waals surface area contributed by atoms with Crippen LogP contribution in [0.25, 0.3) is 0 Å². The van der Waals surface area contributed by atoms with Crippen LogP contribution in [0.15, 0.2) is 53.4 Å². The molecule has 0 radical (unpaired) electrons. The van der Waals surface area contributed by atoms with E-state index in [4.69, 9.17) is 11.6 Å². The Kier molecular flexibility index (Phi) is 4.17. The molecule has 2 aromatic carbocycles. The molecule has 0 aliphatic carbocycles. The highest BCUT2D eigenvalue weighted by atomic mass is 35.5. The van der Waals surface area contributed by atoms with Crippen molar-refractivity contribution in [3.8, 4) is 0 Å². The summed E-state index contributed by atoms with van der Waals surface area (Å²) in [7, 11) is -3.43. The van der Waals surface area contributed by atoms with Crippen molar-refractivity contribution in [1.82, 2.24) is 4.90 Å². The third-order valence-corrected chi connectivity index (χ3v) is 6.37. The first-order valence-electron chi connectivity index (χ1n) is 7.23. The van der Waals surface area contributed by atoms with E-state index >= 15 is 0 Å². The summed E-state index contributed by atoms with van der Waals surface area (Å²) < 4.78 is 25.0. The SMILES string of the molecule is Cc1ccc(C(=O)N2CC(S(=O)(=O)c3ccc(Cl)cc3)C2)cc1. The Morgan fingerprint density at radius 3 is 2.17 bits per heavy atom. The number of carbonyl (C=O) groups is 1. The standard InChI is InChI=1S/C17H16ClNO3S/c1-12-2-4-13(5-3-12)17(20)19-10-16(11-19)23(21,22)15-8-6-14(18)7-9-15/h2-9,16H,10-11H2,1H3. The fraction of sp³-hybridized carbons (Fsp3) is 0.235. The predicted octanol–water partition coefficient (Wildman–Crippen LogP) is 2.95. The van der Waals surface area contributed by atoms with Crippen molar-refractivity contribution in [2.75, 3.05) is 13.1 Å². The number of hydrogen-bond donors (Lipinski definition) is 0. The molecule has 1 heterocycles. The highest BCUT2D eigenvalue weighted by Crippen LogP contribution is 2.26. The van der Waals surface area contributed by atoms with Gasteiger partial charge in [0, 0.05) is 23.7 Å². The monoisotopic (exact) mass is 349 g/mol. The number of likely N-dealkylation sites (tertiary alicyclic amines) is 1. The molecule has 120 valence electrons. The van der Waals surface area contributed by atoms with Crippen LogP contribution in [0, 0.1) is 6.92 Å². The minimum atomic E-state index is -3.43. The first kappa shape index (κ1) is 16.0. The maximum atomic E-state index is 12.5. The summed E-state index contributed by atoms with van der Waals surface area (Å²) in [6, 6.07) is 13.4. The molecule has 1 saturated heterocycles. The van der Waals surface area contributed by atoms with Crippen LogP contribution >= 0.6 is 11.6 Å². The minimum Gasteiger partial charge on any atom is -0.336 e. The number of sulfone groups is 1. The number of aryl methyl sites for hydroxylation is 1. The molecule has 0 saturated carbocycles. The predicted molar refractivity (Wildman–Crippen MR) is 89.5 cm³/mol. The lowest BCUT2D eigenvalue weighted by Crippen LogP contribution is -2.56. The summed E-state index contributed by atoms with van der Waals surface area (Å²) in [5.41, 5.74) is 1.66. The van der Waals surface area contributed by atoms with Crippen LogP contribution in [0.1, 0.15) is 15.9 Å². The quantitative estimate of drug-likeness (QED) is 0.856. The van der Waals surface area contributed by atoms with Gasteiger partial charge >= 0.3 is 0 Å².